The largest absolute Gasteiger partial charge is 0.299 e. The molecule has 1 nitrogen and oxygen atoms in total. The molecule has 0 saturated heterocycles. The summed E-state index contributed by atoms with van der Waals surface area (Å²) in [5.74, 6) is 0. The van der Waals surface area contributed by atoms with Crippen LogP contribution >= 0.6 is 0 Å². The normalized spacial score (nSPS) is 10.8. The Morgan fingerprint density at radius 1 is 1.00 bits per heavy atom. The lowest BCUT2D eigenvalue weighted by Crippen LogP contribution is -2.36. The zero-order chi connectivity index (χ0) is 7.44. The molecule has 64 valence electrons. The fourth-order valence-electron chi connectivity index (χ4n) is 1.33. The van der Waals surface area contributed by atoms with Gasteiger partial charge >= 0.3 is 0 Å². The summed E-state index contributed by atoms with van der Waals surface area (Å²) in [6.07, 6.45) is 0. The molecule has 0 unspecified atom stereocenters. The lowest BCUT2D eigenvalue weighted by molar-refractivity contribution is 0.185. The minimum atomic E-state index is 0. The molecule has 0 amide bonds. The number of hydrogen-bond donors (Lipinski definition) is 0. The van der Waals surface area contributed by atoms with Gasteiger partial charge in [0, 0.05) is 12.1 Å². The second-order valence-electron chi connectivity index (χ2n) is 3.02. The summed E-state index contributed by atoms with van der Waals surface area (Å²) in [7, 11) is 0. The van der Waals surface area contributed by atoms with Crippen LogP contribution in [0.5, 0.6) is 0 Å². The predicted molar refractivity (Wildman–Crippen MR) is 54.0 cm³/mol. The first kappa shape index (κ1) is 12.8. The molecule has 0 aromatic rings. The fourth-order valence-corrected chi connectivity index (χ4v) is 1.33. The van der Waals surface area contributed by atoms with Gasteiger partial charge in [0.2, 0.25) is 0 Å². The summed E-state index contributed by atoms with van der Waals surface area (Å²) < 4.78 is 0. The molecule has 0 saturated carbocycles. The average molecular weight is 161 g/mol. The van der Waals surface area contributed by atoms with Gasteiger partial charge in [-0.2, -0.15) is 0 Å². The smallest absolute Gasteiger partial charge is 0.00411 e. The van der Waals surface area contributed by atoms with Crippen molar-refractivity contribution in [2.45, 2.75) is 46.7 Å². The van der Waals surface area contributed by atoms with E-state index >= 15 is 0 Å². The van der Waals surface area contributed by atoms with E-state index in [1.165, 1.54) is 0 Å². The molecule has 0 aliphatic heterocycles. The van der Waals surface area contributed by atoms with Crippen molar-refractivity contribution in [2.75, 3.05) is 6.54 Å². The molecule has 0 radical (unpaired) electrons. The standard InChI is InChI=1S/C8H19N.H4Si/c1-6-9(7(2)3)8(4)5;/h7-8H,6H2,1-5H3;1H4. The maximum absolute atomic E-state index is 2.46. The van der Waals surface area contributed by atoms with Gasteiger partial charge in [0.25, 0.3) is 0 Å². The van der Waals surface area contributed by atoms with Gasteiger partial charge in [0.15, 0.2) is 0 Å². The van der Waals surface area contributed by atoms with Crippen molar-refractivity contribution in [1.82, 2.24) is 4.90 Å². The highest BCUT2D eigenvalue weighted by atomic mass is 28.1. The minimum absolute atomic E-state index is 0. The Morgan fingerprint density at radius 2 is 1.30 bits per heavy atom. The molecule has 0 heterocycles. The van der Waals surface area contributed by atoms with Crippen molar-refractivity contribution in [3.05, 3.63) is 0 Å². The molecular weight excluding hydrogens is 138 g/mol. The molecule has 0 aliphatic rings. The van der Waals surface area contributed by atoms with Crippen molar-refractivity contribution in [3.8, 4) is 0 Å². The molecule has 0 N–H and O–H groups in total. The topological polar surface area (TPSA) is 3.24 Å². The monoisotopic (exact) mass is 161 g/mol. The van der Waals surface area contributed by atoms with Crippen molar-refractivity contribution < 1.29 is 0 Å². The van der Waals surface area contributed by atoms with E-state index in [0.717, 1.165) is 6.54 Å². The molecule has 0 aromatic heterocycles. The van der Waals surface area contributed by atoms with Gasteiger partial charge in [0.1, 0.15) is 0 Å². The van der Waals surface area contributed by atoms with Crippen LogP contribution in [0.25, 0.3) is 0 Å². The van der Waals surface area contributed by atoms with Crippen LogP contribution in [0.4, 0.5) is 0 Å². The fraction of sp³-hybridized carbons (Fsp3) is 1.00. The van der Waals surface area contributed by atoms with Crippen LogP contribution in [0.2, 0.25) is 0 Å². The molecule has 10 heavy (non-hydrogen) atoms. The van der Waals surface area contributed by atoms with Gasteiger partial charge in [-0.25, -0.2) is 0 Å². The van der Waals surface area contributed by atoms with Crippen molar-refractivity contribution in [2.24, 2.45) is 0 Å². The Bertz CT molecular complexity index is 63.7. The Hall–Kier alpha value is 0.177. The van der Waals surface area contributed by atoms with E-state index in [1.807, 2.05) is 0 Å². The van der Waals surface area contributed by atoms with Gasteiger partial charge in [-0.15, -0.1) is 0 Å². The summed E-state index contributed by atoms with van der Waals surface area (Å²) in [5.41, 5.74) is 0. The zero-order valence-corrected chi connectivity index (χ0v) is 7.31. The van der Waals surface area contributed by atoms with Gasteiger partial charge in [-0.05, 0) is 45.2 Å². The molecule has 0 aromatic carbocycles. The van der Waals surface area contributed by atoms with Crippen molar-refractivity contribution in [3.63, 3.8) is 0 Å². The van der Waals surface area contributed by atoms with Gasteiger partial charge in [-0.3, -0.25) is 4.90 Å². The van der Waals surface area contributed by atoms with Gasteiger partial charge in [0.05, 0.1) is 0 Å². The Morgan fingerprint density at radius 3 is 1.30 bits per heavy atom. The Labute approximate surface area is 69.8 Å². The zero-order valence-electron chi connectivity index (χ0n) is 7.31. The summed E-state index contributed by atoms with van der Waals surface area (Å²) in [6.45, 7) is 12.3. The van der Waals surface area contributed by atoms with Gasteiger partial charge < -0.3 is 0 Å². The van der Waals surface area contributed by atoms with E-state index in [4.69, 9.17) is 0 Å². The molecule has 0 fully saturated rings. The van der Waals surface area contributed by atoms with Crippen LogP contribution in [0.3, 0.4) is 0 Å². The first-order valence-corrected chi connectivity index (χ1v) is 3.85. The van der Waals surface area contributed by atoms with Crippen LogP contribution in [-0.2, 0) is 0 Å². The molecular formula is C8H23NSi. The third kappa shape index (κ3) is 4.07. The summed E-state index contributed by atoms with van der Waals surface area (Å²) >= 11 is 0. The minimum Gasteiger partial charge on any atom is -0.299 e. The Balaban J connectivity index is 0. The molecule has 2 heteroatoms. The molecule has 0 spiro atoms. The lowest BCUT2D eigenvalue weighted by atomic mass is 10.2. The van der Waals surface area contributed by atoms with E-state index in [9.17, 15) is 0 Å². The van der Waals surface area contributed by atoms with Crippen LogP contribution in [0.1, 0.15) is 34.6 Å². The SMILES string of the molecule is CCN(C(C)C)C(C)C.[SiH4]. The highest BCUT2D eigenvalue weighted by Gasteiger charge is 2.08. The quantitative estimate of drug-likeness (QED) is 0.550. The predicted octanol–water partition coefficient (Wildman–Crippen LogP) is 0.673. The summed E-state index contributed by atoms with van der Waals surface area (Å²) in [5, 5.41) is 0. The van der Waals surface area contributed by atoms with E-state index in [2.05, 4.69) is 39.5 Å². The second-order valence-corrected chi connectivity index (χ2v) is 3.02. The molecule has 0 rings (SSSR count). The molecule has 0 atom stereocenters. The first-order valence-electron chi connectivity index (χ1n) is 3.85. The molecule has 0 bridgehead atoms. The highest BCUT2D eigenvalue weighted by Crippen LogP contribution is 2.02. The maximum atomic E-state index is 2.46. The Kier molecular flexibility index (Phi) is 7.59. The molecule has 0 aliphatic carbocycles. The van der Waals surface area contributed by atoms with Crippen molar-refractivity contribution >= 4 is 11.0 Å². The number of nitrogens with zero attached hydrogens (tertiary/aromatic N) is 1. The lowest BCUT2D eigenvalue weighted by Gasteiger charge is -2.28. The van der Waals surface area contributed by atoms with E-state index in [0.29, 0.717) is 12.1 Å². The summed E-state index contributed by atoms with van der Waals surface area (Å²) in [4.78, 5) is 2.46. The summed E-state index contributed by atoms with van der Waals surface area (Å²) in [6, 6.07) is 1.38. The average Bonchev–Trinajstić information content (AvgIpc) is 1.64. The van der Waals surface area contributed by atoms with Crippen LogP contribution < -0.4 is 0 Å². The van der Waals surface area contributed by atoms with Gasteiger partial charge in [-0.1, -0.05) is 6.92 Å². The van der Waals surface area contributed by atoms with E-state index in [1.54, 1.807) is 0 Å². The van der Waals surface area contributed by atoms with E-state index < -0.39 is 0 Å². The number of hydrogen-bond acceptors (Lipinski definition) is 1. The second kappa shape index (κ2) is 5.92. The van der Waals surface area contributed by atoms with Crippen molar-refractivity contribution in [1.29, 1.82) is 0 Å². The van der Waals surface area contributed by atoms with E-state index in [-0.39, 0.29) is 11.0 Å². The highest BCUT2D eigenvalue weighted by molar-refractivity contribution is 5.75. The third-order valence-electron chi connectivity index (χ3n) is 1.69. The number of rotatable bonds is 3. The first-order chi connectivity index (χ1) is 4.09. The van der Waals surface area contributed by atoms with Crippen LogP contribution in [0, 0.1) is 0 Å². The van der Waals surface area contributed by atoms with Crippen LogP contribution in [0.15, 0.2) is 0 Å². The maximum Gasteiger partial charge on any atom is 0.00411 e. The van der Waals surface area contributed by atoms with Crippen LogP contribution in [-0.4, -0.2) is 34.5 Å². The third-order valence-corrected chi connectivity index (χ3v) is 1.69.